The maximum Gasteiger partial charge on any atom is 0.408 e. The van der Waals surface area contributed by atoms with Gasteiger partial charge < -0.3 is 20.5 Å². The van der Waals surface area contributed by atoms with Gasteiger partial charge in [0.05, 0.1) is 12.5 Å². The molecule has 0 aliphatic carbocycles. The van der Waals surface area contributed by atoms with E-state index in [1.807, 2.05) is 18.6 Å². The number of ketones is 1. The molecule has 1 aromatic carbocycles. The summed E-state index contributed by atoms with van der Waals surface area (Å²) >= 11 is 0. The monoisotopic (exact) mass is 453 g/mol. The van der Waals surface area contributed by atoms with Crippen molar-refractivity contribution in [3.05, 3.63) is 35.9 Å². The van der Waals surface area contributed by atoms with E-state index in [1.54, 1.807) is 45.0 Å². The molecule has 0 saturated heterocycles. The number of nitrogens with one attached hydrogen (secondary N) is 2. The third kappa shape index (κ3) is 11.4. The molecule has 172 valence electrons. The molecule has 3 N–H and O–H groups in total. The second-order valence-corrected chi connectivity index (χ2v) is 10.8. The summed E-state index contributed by atoms with van der Waals surface area (Å²) in [6.07, 6.45) is 3.30. The first kappa shape index (κ1) is 26.5. The molecule has 0 spiro atoms. The van der Waals surface area contributed by atoms with Crippen LogP contribution in [0.5, 0.6) is 0 Å². The lowest BCUT2D eigenvalue weighted by Crippen LogP contribution is -2.53. The summed E-state index contributed by atoms with van der Waals surface area (Å²) in [4.78, 5) is 48.7. The van der Waals surface area contributed by atoms with Crippen LogP contribution < -0.4 is 10.6 Å². The molecule has 2 unspecified atom stereocenters. The summed E-state index contributed by atoms with van der Waals surface area (Å²) in [5, 5.41) is 14.5. The maximum atomic E-state index is 12.9. The van der Waals surface area contributed by atoms with Crippen molar-refractivity contribution < 1.29 is 29.0 Å². The molecule has 0 aliphatic rings. The minimum atomic E-state index is -1.23. The summed E-state index contributed by atoms with van der Waals surface area (Å²) < 4.78 is 5.23. The number of benzene rings is 1. The first-order chi connectivity index (χ1) is 14.4. The number of hydrogen-bond acceptors (Lipinski definition) is 5. The Morgan fingerprint density at radius 3 is 2.16 bits per heavy atom. The average Bonchev–Trinajstić information content (AvgIpc) is 2.62. The zero-order chi connectivity index (χ0) is 23.6. The first-order valence-corrected chi connectivity index (χ1v) is 12.2. The van der Waals surface area contributed by atoms with E-state index in [-0.39, 0.29) is 35.9 Å². The van der Waals surface area contributed by atoms with E-state index in [9.17, 15) is 24.3 Å². The Morgan fingerprint density at radius 1 is 1.03 bits per heavy atom. The van der Waals surface area contributed by atoms with Crippen molar-refractivity contribution in [3.63, 3.8) is 0 Å². The molecule has 1 aromatic rings. The van der Waals surface area contributed by atoms with E-state index in [4.69, 9.17) is 4.74 Å². The summed E-state index contributed by atoms with van der Waals surface area (Å²) in [6, 6.07) is 6.78. The molecular weight excluding hydrogens is 420 g/mol. The number of ether oxygens (including phenoxy) is 1. The Labute approximate surface area is 186 Å². The molecule has 0 heterocycles. The van der Waals surface area contributed by atoms with Crippen molar-refractivity contribution in [3.8, 4) is 0 Å². The second-order valence-electron chi connectivity index (χ2n) is 8.50. The molecule has 2 amide bonds. The summed E-state index contributed by atoms with van der Waals surface area (Å²) in [5.74, 6) is -1.54. The van der Waals surface area contributed by atoms with Crippen LogP contribution in [0.3, 0.4) is 0 Å². The van der Waals surface area contributed by atoms with Gasteiger partial charge in [0.25, 0.3) is 0 Å². The molecular formula is C22H33N2O6S+. The average molecular weight is 454 g/mol. The number of carbonyl (C=O) groups is 4. The second kappa shape index (κ2) is 12.3. The smallest absolute Gasteiger partial charge is 0.408 e. The standard InChI is InChI=1S/C22H32N2O6S/c1-22(2,3)30-21(29)24-18(13-15-9-7-6-8-10-15)19(26)23-17(20(27)28)12-11-16(25)14-31(4)5/h6-10,17-18H,11-14H2,1-5H3,(H2-,23,24,26,27,28,29)/p+1. The van der Waals surface area contributed by atoms with E-state index < -0.39 is 35.7 Å². The van der Waals surface area contributed by atoms with Crippen LogP contribution in [-0.2, 0) is 36.4 Å². The van der Waals surface area contributed by atoms with Crippen molar-refractivity contribution in [1.29, 1.82) is 0 Å². The predicted octanol–water partition coefficient (Wildman–Crippen LogP) is 1.92. The number of amides is 2. The van der Waals surface area contributed by atoms with Crippen LogP contribution in [0.25, 0.3) is 0 Å². The number of carbonyl (C=O) groups excluding carboxylic acids is 3. The first-order valence-electron chi connectivity index (χ1n) is 10.00. The normalized spacial score (nSPS) is 13.2. The Kier molecular flexibility index (Phi) is 10.5. The Hall–Kier alpha value is -2.55. The third-order valence-electron chi connectivity index (χ3n) is 4.07. The highest BCUT2D eigenvalue weighted by Crippen LogP contribution is 2.09. The van der Waals surface area contributed by atoms with Gasteiger partial charge in [-0.05, 0) is 43.7 Å². The minimum absolute atomic E-state index is 0.0123. The van der Waals surface area contributed by atoms with Crippen LogP contribution >= 0.6 is 0 Å². The fraction of sp³-hybridized carbons (Fsp3) is 0.545. The Balaban J connectivity index is 2.88. The van der Waals surface area contributed by atoms with Gasteiger partial charge in [0.2, 0.25) is 5.91 Å². The highest BCUT2D eigenvalue weighted by atomic mass is 32.2. The molecule has 0 saturated carbocycles. The van der Waals surface area contributed by atoms with Crippen molar-refractivity contribution in [2.24, 2.45) is 0 Å². The summed E-state index contributed by atoms with van der Waals surface area (Å²) in [7, 11) is -0.0728. The number of alkyl carbamates (subject to hydrolysis) is 1. The topological polar surface area (TPSA) is 122 Å². The number of aliphatic carboxylic acids is 1. The quantitative estimate of drug-likeness (QED) is 0.440. The van der Waals surface area contributed by atoms with Crippen LogP contribution in [0.1, 0.15) is 39.2 Å². The summed E-state index contributed by atoms with van der Waals surface area (Å²) in [6.45, 7) is 5.11. The number of carboxylic acid groups (broad SMARTS) is 1. The van der Waals surface area contributed by atoms with Gasteiger partial charge in [0.15, 0.2) is 11.5 Å². The van der Waals surface area contributed by atoms with Gasteiger partial charge in [-0.3, -0.25) is 9.59 Å². The zero-order valence-corrected chi connectivity index (χ0v) is 19.6. The van der Waals surface area contributed by atoms with Gasteiger partial charge in [-0.1, -0.05) is 30.3 Å². The van der Waals surface area contributed by atoms with Crippen LogP contribution in [0, 0.1) is 0 Å². The SMILES string of the molecule is C[S+](C)CC(=O)CCC(NC(=O)C(Cc1ccccc1)NC(=O)OC(C)(C)C)C(=O)O. The molecule has 8 nitrogen and oxygen atoms in total. The van der Waals surface area contributed by atoms with E-state index in [1.165, 1.54) is 0 Å². The largest absolute Gasteiger partial charge is 0.480 e. The van der Waals surface area contributed by atoms with Crippen LogP contribution in [-0.4, -0.2) is 64.8 Å². The molecule has 31 heavy (non-hydrogen) atoms. The lowest BCUT2D eigenvalue weighted by molar-refractivity contribution is -0.142. The highest BCUT2D eigenvalue weighted by molar-refractivity contribution is 7.96. The van der Waals surface area contributed by atoms with Crippen molar-refractivity contribution >= 4 is 34.6 Å². The Morgan fingerprint density at radius 2 is 1.65 bits per heavy atom. The van der Waals surface area contributed by atoms with Gasteiger partial charge in [-0.25, -0.2) is 9.59 Å². The number of carboxylic acids is 1. The molecule has 0 bridgehead atoms. The number of rotatable bonds is 11. The minimum Gasteiger partial charge on any atom is -0.480 e. The fourth-order valence-corrected chi connectivity index (χ4v) is 3.53. The van der Waals surface area contributed by atoms with Gasteiger partial charge in [-0.15, -0.1) is 0 Å². The highest BCUT2D eigenvalue weighted by Gasteiger charge is 2.29. The number of hydrogen-bond donors (Lipinski definition) is 3. The lowest BCUT2D eigenvalue weighted by atomic mass is 10.0. The van der Waals surface area contributed by atoms with Gasteiger partial charge in [0.1, 0.15) is 17.7 Å². The van der Waals surface area contributed by atoms with Crippen LogP contribution in [0.15, 0.2) is 30.3 Å². The van der Waals surface area contributed by atoms with E-state index in [2.05, 4.69) is 10.6 Å². The molecule has 9 heteroatoms. The van der Waals surface area contributed by atoms with Crippen LogP contribution in [0.4, 0.5) is 4.79 Å². The van der Waals surface area contributed by atoms with Gasteiger partial charge in [-0.2, -0.15) is 0 Å². The van der Waals surface area contributed by atoms with Crippen molar-refractivity contribution in [2.75, 3.05) is 18.3 Å². The van der Waals surface area contributed by atoms with Crippen LogP contribution in [0.2, 0.25) is 0 Å². The van der Waals surface area contributed by atoms with E-state index in [0.717, 1.165) is 5.56 Å². The van der Waals surface area contributed by atoms with Crippen molar-refractivity contribution in [2.45, 2.75) is 57.7 Å². The molecule has 0 aliphatic heterocycles. The van der Waals surface area contributed by atoms with Gasteiger partial charge >= 0.3 is 12.1 Å². The molecule has 0 radical (unpaired) electrons. The van der Waals surface area contributed by atoms with E-state index in [0.29, 0.717) is 5.75 Å². The van der Waals surface area contributed by atoms with Gasteiger partial charge in [0, 0.05) is 12.8 Å². The van der Waals surface area contributed by atoms with E-state index >= 15 is 0 Å². The predicted molar refractivity (Wildman–Crippen MR) is 121 cm³/mol. The zero-order valence-electron chi connectivity index (χ0n) is 18.8. The summed E-state index contributed by atoms with van der Waals surface area (Å²) in [5.41, 5.74) is 0.0394. The lowest BCUT2D eigenvalue weighted by Gasteiger charge is -2.24. The number of Topliss-reactive ketones (excluding diaryl/α,β-unsaturated/α-hetero) is 1. The molecule has 2 atom stereocenters. The molecule has 0 fully saturated rings. The maximum absolute atomic E-state index is 12.9. The third-order valence-corrected chi connectivity index (χ3v) is 4.97. The van der Waals surface area contributed by atoms with Crippen molar-refractivity contribution in [1.82, 2.24) is 10.6 Å². The Bertz CT molecular complexity index is 761. The molecule has 0 aromatic heterocycles. The molecule has 1 rings (SSSR count). The fourth-order valence-electron chi connectivity index (χ4n) is 2.74.